The number of carbonyl (C=O) groups is 1. The maximum atomic E-state index is 11.5. The lowest BCUT2D eigenvalue weighted by atomic mass is 10.2. The van der Waals surface area contributed by atoms with Crippen molar-refractivity contribution in [2.75, 3.05) is 12.3 Å². The van der Waals surface area contributed by atoms with Crippen LogP contribution >= 0.6 is 0 Å². The minimum atomic E-state index is -3.51. The van der Waals surface area contributed by atoms with Gasteiger partial charge in [0.1, 0.15) is 5.56 Å². The number of nitrogens with one attached hydrogen (secondary N) is 2. The van der Waals surface area contributed by atoms with Gasteiger partial charge in [-0.3, -0.25) is 9.59 Å². The molecule has 1 heterocycles. The Morgan fingerprint density at radius 2 is 2.18 bits per heavy atom. The van der Waals surface area contributed by atoms with Gasteiger partial charge < -0.3 is 10.3 Å². The summed E-state index contributed by atoms with van der Waals surface area (Å²) in [6.07, 6.45) is 2.91. The summed E-state index contributed by atoms with van der Waals surface area (Å²) in [4.78, 5) is 25.4. The Morgan fingerprint density at radius 1 is 1.47 bits per heavy atom. The summed E-state index contributed by atoms with van der Waals surface area (Å²) >= 11 is 0. The van der Waals surface area contributed by atoms with Crippen LogP contribution in [-0.4, -0.2) is 31.6 Å². The minimum Gasteiger partial charge on any atom is -0.367 e. The molecule has 4 N–H and O–H groups in total. The van der Waals surface area contributed by atoms with E-state index >= 15 is 0 Å². The SMILES string of the molecule is NS(=O)(=O)CCCNC(=O)c1c[nH]ccc1=O. The first-order chi connectivity index (χ1) is 7.90. The summed E-state index contributed by atoms with van der Waals surface area (Å²) in [5, 5.41) is 7.23. The molecule has 0 aliphatic heterocycles. The van der Waals surface area contributed by atoms with Gasteiger partial charge in [0.25, 0.3) is 5.91 Å². The molecule has 0 saturated heterocycles. The second-order valence-corrected chi connectivity index (χ2v) is 5.13. The maximum Gasteiger partial charge on any atom is 0.256 e. The first-order valence-corrected chi connectivity index (χ1v) is 6.57. The van der Waals surface area contributed by atoms with Gasteiger partial charge in [0.15, 0.2) is 5.43 Å². The van der Waals surface area contributed by atoms with Gasteiger partial charge in [0.05, 0.1) is 5.75 Å². The van der Waals surface area contributed by atoms with E-state index < -0.39 is 21.4 Å². The first-order valence-electron chi connectivity index (χ1n) is 4.86. The van der Waals surface area contributed by atoms with Crippen molar-refractivity contribution in [3.05, 3.63) is 34.2 Å². The summed E-state index contributed by atoms with van der Waals surface area (Å²) in [5.41, 5.74) is -0.407. The van der Waals surface area contributed by atoms with Crippen molar-refractivity contribution >= 4 is 15.9 Å². The second kappa shape index (κ2) is 5.60. The number of H-pyrrole nitrogens is 1. The second-order valence-electron chi connectivity index (χ2n) is 3.40. The number of hydrogen-bond donors (Lipinski definition) is 3. The van der Waals surface area contributed by atoms with Gasteiger partial charge in [-0.05, 0) is 6.42 Å². The molecule has 0 aliphatic carbocycles. The molecular weight excluding hydrogens is 246 g/mol. The van der Waals surface area contributed by atoms with Gasteiger partial charge >= 0.3 is 0 Å². The normalized spacial score (nSPS) is 11.1. The Hall–Kier alpha value is -1.67. The van der Waals surface area contributed by atoms with E-state index in [0.29, 0.717) is 0 Å². The highest BCUT2D eigenvalue weighted by Crippen LogP contribution is 1.89. The largest absolute Gasteiger partial charge is 0.367 e. The van der Waals surface area contributed by atoms with E-state index in [4.69, 9.17) is 5.14 Å². The molecule has 7 nitrogen and oxygen atoms in total. The van der Waals surface area contributed by atoms with Crippen LogP contribution in [0.2, 0.25) is 0 Å². The van der Waals surface area contributed by atoms with Crippen molar-refractivity contribution < 1.29 is 13.2 Å². The topological polar surface area (TPSA) is 122 Å². The molecule has 17 heavy (non-hydrogen) atoms. The van der Waals surface area contributed by atoms with E-state index in [0.717, 1.165) is 0 Å². The lowest BCUT2D eigenvalue weighted by Gasteiger charge is -2.03. The molecule has 1 aromatic heterocycles. The Labute approximate surface area is 98.1 Å². The molecule has 0 fully saturated rings. The van der Waals surface area contributed by atoms with Crippen molar-refractivity contribution in [2.45, 2.75) is 6.42 Å². The van der Waals surface area contributed by atoms with Crippen LogP contribution in [0.3, 0.4) is 0 Å². The highest BCUT2D eigenvalue weighted by atomic mass is 32.2. The van der Waals surface area contributed by atoms with E-state index in [9.17, 15) is 18.0 Å². The molecule has 0 radical (unpaired) electrons. The third kappa shape index (κ3) is 4.79. The van der Waals surface area contributed by atoms with Crippen LogP contribution in [0.25, 0.3) is 0 Å². The van der Waals surface area contributed by atoms with E-state index in [2.05, 4.69) is 10.3 Å². The van der Waals surface area contributed by atoms with Crippen molar-refractivity contribution in [3.8, 4) is 0 Å². The lowest BCUT2D eigenvalue weighted by molar-refractivity contribution is 0.0952. The molecule has 0 atom stereocenters. The van der Waals surface area contributed by atoms with Crippen molar-refractivity contribution in [2.24, 2.45) is 5.14 Å². The van der Waals surface area contributed by atoms with Crippen LogP contribution in [0.15, 0.2) is 23.3 Å². The highest BCUT2D eigenvalue weighted by Gasteiger charge is 2.09. The summed E-state index contributed by atoms with van der Waals surface area (Å²) < 4.78 is 21.2. The number of nitrogens with two attached hydrogens (primary N) is 1. The van der Waals surface area contributed by atoms with Gasteiger partial charge in [0.2, 0.25) is 10.0 Å². The van der Waals surface area contributed by atoms with Crippen LogP contribution < -0.4 is 15.9 Å². The molecule has 0 aliphatic rings. The van der Waals surface area contributed by atoms with E-state index in [1.165, 1.54) is 18.5 Å². The third-order valence-corrected chi connectivity index (χ3v) is 2.82. The number of amides is 1. The summed E-state index contributed by atoms with van der Waals surface area (Å²) in [7, 11) is -3.51. The minimum absolute atomic E-state index is 0.0110. The quantitative estimate of drug-likeness (QED) is 0.574. The maximum absolute atomic E-state index is 11.5. The molecule has 1 amide bonds. The summed E-state index contributed by atoms with van der Waals surface area (Å²) in [5.74, 6) is -0.750. The van der Waals surface area contributed by atoms with Gasteiger partial charge in [-0.2, -0.15) is 0 Å². The molecule has 0 bridgehead atoms. The summed E-state index contributed by atoms with van der Waals surface area (Å²) in [6.45, 7) is 0.142. The molecular formula is C9H13N3O4S. The number of aromatic amines is 1. The van der Waals surface area contributed by atoms with Crippen LogP contribution in [0, 0.1) is 0 Å². The van der Waals surface area contributed by atoms with Gasteiger partial charge in [-0.15, -0.1) is 0 Å². The molecule has 1 aromatic rings. The Balaban J connectivity index is 2.47. The number of sulfonamides is 1. The Kier molecular flexibility index (Phi) is 4.41. The molecule has 8 heteroatoms. The number of pyridine rings is 1. The average Bonchev–Trinajstić information content (AvgIpc) is 2.23. The van der Waals surface area contributed by atoms with Gasteiger partial charge in [-0.1, -0.05) is 0 Å². The van der Waals surface area contributed by atoms with E-state index in [-0.39, 0.29) is 24.3 Å². The van der Waals surface area contributed by atoms with Gasteiger partial charge in [0, 0.05) is 25.0 Å². The monoisotopic (exact) mass is 259 g/mol. The van der Waals surface area contributed by atoms with Crippen LogP contribution in [0.4, 0.5) is 0 Å². The molecule has 1 rings (SSSR count). The zero-order chi connectivity index (χ0) is 12.9. The van der Waals surface area contributed by atoms with Crippen LogP contribution in [0.5, 0.6) is 0 Å². The molecule has 94 valence electrons. The van der Waals surface area contributed by atoms with E-state index in [1.54, 1.807) is 0 Å². The standard InChI is InChI=1S/C9H13N3O4S/c10-17(15,16)5-1-3-12-9(14)7-6-11-4-2-8(7)13/h2,4,6H,1,3,5H2,(H,11,13)(H,12,14)(H2,10,15,16). The number of primary sulfonamides is 1. The fourth-order valence-corrected chi connectivity index (χ4v) is 1.71. The zero-order valence-corrected chi connectivity index (χ0v) is 9.79. The first kappa shape index (κ1) is 13.4. The van der Waals surface area contributed by atoms with Gasteiger partial charge in [-0.25, -0.2) is 13.6 Å². The molecule has 0 spiro atoms. The predicted molar refractivity (Wildman–Crippen MR) is 62.0 cm³/mol. The van der Waals surface area contributed by atoms with Crippen LogP contribution in [-0.2, 0) is 10.0 Å². The lowest BCUT2D eigenvalue weighted by Crippen LogP contribution is -2.30. The van der Waals surface area contributed by atoms with Crippen molar-refractivity contribution in [1.29, 1.82) is 0 Å². The molecule has 0 unspecified atom stereocenters. The van der Waals surface area contributed by atoms with E-state index in [1.807, 2.05) is 0 Å². The number of rotatable bonds is 5. The highest BCUT2D eigenvalue weighted by molar-refractivity contribution is 7.89. The predicted octanol–water partition coefficient (Wildman–Crippen LogP) is -1.22. The number of carbonyl (C=O) groups excluding carboxylic acids is 1. The molecule has 0 aromatic carbocycles. The average molecular weight is 259 g/mol. The fraction of sp³-hybridized carbons (Fsp3) is 0.333. The number of aromatic nitrogens is 1. The fourth-order valence-electron chi connectivity index (χ4n) is 1.16. The molecule has 0 saturated carbocycles. The smallest absolute Gasteiger partial charge is 0.256 e. The van der Waals surface area contributed by atoms with Crippen molar-refractivity contribution in [3.63, 3.8) is 0 Å². The third-order valence-electron chi connectivity index (χ3n) is 1.96. The van der Waals surface area contributed by atoms with Crippen LogP contribution in [0.1, 0.15) is 16.8 Å². The Bertz CT molecular complexity index is 549. The summed E-state index contributed by atoms with van der Waals surface area (Å²) in [6, 6.07) is 1.24. The Morgan fingerprint density at radius 3 is 2.76 bits per heavy atom. The zero-order valence-electron chi connectivity index (χ0n) is 8.97. The number of hydrogen-bond acceptors (Lipinski definition) is 4. The van der Waals surface area contributed by atoms with Crippen molar-refractivity contribution in [1.82, 2.24) is 10.3 Å².